The minimum Gasteiger partial charge on any atom is -0.311 e. The average Bonchev–Trinajstić information content (AvgIpc) is 3.41. The zero-order chi connectivity index (χ0) is 45.3. The fourth-order valence-electron chi connectivity index (χ4n) is 8.83. The van der Waals surface area contributed by atoms with Crippen LogP contribution in [0.2, 0.25) is 0 Å². The largest absolute Gasteiger partial charge is 0.311 e. The standard InChI is InChI=1S/C66H55N/c1-7-25-55(26-8-1)64(56-27-9-2-10-28-56)37-19-22-52-40-46-61(47-41-52)67(62-48-42-53(43-49-62)23-20-38-65(57-29-11-3-12-30-57)58-31-13-4-14-32-58)63-50-44-54(45-51-63)24-21-39-66(59-33-15-5-16-34-59)60-35-17-6-18-36-60/h1-20,22-23,25-38,40-51,66H,21,24,39H2/b22-19+,23-20+. The molecule has 9 rings (SSSR count). The summed E-state index contributed by atoms with van der Waals surface area (Å²) < 4.78 is 0. The van der Waals surface area contributed by atoms with E-state index in [1.807, 2.05) is 0 Å². The second-order valence-electron chi connectivity index (χ2n) is 16.8. The molecule has 0 saturated carbocycles. The number of allylic oxidation sites excluding steroid dienone is 4. The van der Waals surface area contributed by atoms with Crippen molar-refractivity contribution in [2.24, 2.45) is 0 Å². The Morgan fingerprint density at radius 1 is 0.343 bits per heavy atom. The molecule has 324 valence electrons. The minimum atomic E-state index is 0.379. The van der Waals surface area contributed by atoms with Crippen molar-refractivity contribution in [3.63, 3.8) is 0 Å². The van der Waals surface area contributed by atoms with Crippen molar-refractivity contribution in [1.29, 1.82) is 0 Å². The summed E-state index contributed by atoms with van der Waals surface area (Å²) in [5.41, 5.74) is 16.9. The van der Waals surface area contributed by atoms with Gasteiger partial charge in [-0.25, -0.2) is 0 Å². The van der Waals surface area contributed by atoms with Crippen LogP contribution in [0.25, 0.3) is 23.3 Å². The van der Waals surface area contributed by atoms with Crippen LogP contribution in [-0.4, -0.2) is 0 Å². The molecule has 0 unspecified atom stereocenters. The van der Waals surface area contributed by atoms with Gasteiger partial charge in [0.15, 0.2) is 0 Å². The van der Waals surface area contributed by atoms with Gasteiger partial charge in [-0.15, -0.1) is 0 Å². The molecule has 0 atom stereocenters. The molecular formula is C66H55N. The van der Waals surface area contributed by atoms with E-state index in [4.69, 9.17) is 0 Å². The molecule has 0 radical (unpaired) electrons. The third kappa shape index (κ3) is 11.7. The van der Waals surface area contributed by atoms with Crippen molar-refractivity contribution in [3.05, 3.63) is 329 Å². The Morgan fingerprint density at radius 2 is 0.657 bits per heavy atom. The fourth-order valence-corrected chi connectivity index (χ4v) is 8.83. The molecule has 0 aliphatic heterocycles. The molecule has 1 nitrogen and oxygen atoms in total. The smallest absolute Gasteiger partial charge is 0.0462 e. The normalized spacial score (nSPS) is 11.2. The number of rotatable bonds is 17. The monoisotopic (exact) mass is 861 g/mol. The van der Waals surface area contributed by atoms with E-state index in [0.29, 0.717) is 5.92 Å². The van der Waals surface area contributed by atoms with E-state index in [9.17, 15) is 0 Å². The number of hydrogen-bond donors (Lipinski definition) is 0. The van der Waals surface area contributed by atoms with Gasteiger partial charge in [0.1, 0.15) is 0 Å². The summed E-state index contributed by atoms with van der Waals surface area (Å²) in [4.78, 5) is 2.36. The zero-order valence-corrected chi connectivity index (χ0v) is 37.9. The van der Waals surface area contributed by atoms with Crippen LogP contribution in [0.5, 0.6) is 0 Å². The summed E-state index contributed by atoms with van der Waals surface area (Å²) in [5.74, 6) is 0.379. The van der Waals surface area contributed by atoms with E-state index in [1.54, 1.807) is 0 Å². The van der Waals surface area contributed by atoms with Crippen LogP contribution in [0, 0.1) is 0 Å². The molecule has 0 aliphatic rings. The summed E-state index contributed by atoms with van der Waals surface area (Å²) in [5, 5.41) is 0. The first kappa shape index (κ1) is 44.0. The lowest BCUT2D eigenvalue weighted by molar-refractivity contribution is 0.661. The number of anilines is 3. The zero-order valence-electron chi connectivity index (χ0n) is 37.9. The number of aryl methyl sites for hydroxylation is 1. The summed E-state index contributed by atoms with van der Waals surface area (Å²) in [7, 11) is 0. The predicted octanol–water partition coefficient (Wildman–Crippen LogP) is 17.6. The molecule has 0 aliphatic carbocycles. The van der Waals surface area contributed by atoms with Gasteiger partial charge in [-0.1, -0.05) is 255 Å². The van der Waals surface area contributed by atoms with Crippen LogP contribution in [0.3, 0.4) is 0 Å². The van der Waals surface area contributed by atoms with Crippen LogP contribution >= 0.6 is 0 Å². The van der Waals surface area contributed by atoms with Gasteiger partial charge in [0.05, 0.1) is 0 Å². The van der Waals surface area contributed by atoms with Gasteiger partial charge < -0.3 is 4.90 Å². The van der Waals surface area contributed by atoms with Crippen molar-refractivity contribution in [3.8, 4) is 0 Å². The molecule has 0 heterocycles. The lowest BCUT2D eigenvalue weighted by atomic mass is 9.86. The van der Waals surface area contributed by atoms with Crippen molar-refractivity contribution in [2.75, 3.05) is 4.90 Å². The highest BCUT2D eigenvalue weighted by Gasteiger charge is 2.15. The number of benzene rings is 9. The molecule has 9 aromatic carbocycles. The maximum absolute atomic E-state index is 2.36. The van der Waals surface area contributed by atoms with Gasteiger partial charge in [-0.3, -0.25) is 0 Å². The Hall–Kier alpha value is -8.26. The van der Waals surface area contributed by atoms with E-state index in [0.717, 1.165) is 47.5 Å². The molecule has 0 N–H and O–H groups in total. The molecule has 9 aromatic rings. The van der Waals surface area contributed by atoms with E-state index < -0.39 is 0 Å². The first-order valence-corrected chi connectivity index (χ1v) is 23.4. The maximum Gasteiger partial charge on any atom is 0.0462 e. The maximum atomic E-state index is 2.36. The Bertz CT molecular complexity index is 2740. The number of hydrogen-bond acceptors (Lipinski definition) is 1. The third-order valence-electron chi connectivity index (χ3n) is 12.3. The van der Waals surface area contributed by atoms with Gasteiger partial charge >= 0.3 is 0 Å². The quantitative estimate of drug-likeness (QED) is 0.0825. The molecule has 0 bridgehead atoms. The predicted molar refractivity (Wildman–Crippen MR) is 287 cm³/mol. The number of nitrogens with zero attached hydrogens (tertiary/aromatic N) is 1. The van der Waals surface area contributed by atoms with Crippen LogP contribution in [-0.2, 0) is 6.42 Å². The molecule has 0 saturated heterocycles. The lowest BCUT2D eigenvalue weighted by Crippen LogP contribution is -2.10. The highest BCUT2D eigenvalue weighted by molar-refractivity contribution is 5.83. The second-order valence-corrected chi connectivity index (χ2v) is 16.8. The van der Waals surface area contributed by atoms with Crippen molar-refractivity contribution in [1.82, 2.24) is 0 Å². The molecule has 0 spiro atoms. The van der Waals surface area contributed by atoms with E-state index in [1.165, 1.54) is 50.1 Å². The van der Waals surface area contributed by atoms with Gasteiger partial charge in [0.2, 0.25) is 0 Å². The molecule has 1 heteroatoms. The Morgan fingerprint density at radius 3 is 1.00 bits per heavy atom. The summed E-state index contributed by atoms with van der Waals surface area (Å²) in [6.45, 7) is 0. The highest BCUT2D eigenvalue weighted by Crippen LogP contribution is 2.36. The van der Waals surface area contributed by atoms with Crippen LogP contribution < -0.4 is 4.90 Å². The van der Waals surface area contributed by atoms with Gasteiger partial charge in [0, 0.05) is 23.0 Å². The lowest BCUT2D eigenvalue weighted by Gasteiger charge is -2.26. The molecular weight excluding hydrogens is 807 g/mol. The van der Waals surface area contributed by atoms with Gasteiger partial charge in [-0.05, 0) is 117 Å². The third-order valence-corrected chi connectivity index (χ3v) is 12.3. The van der Waals surface area contributed by atoms with E-state index in [2.05, 4.69) is 296 Å². The topological polar surface area (TPSA) is 3.24 Å². The Labute approximate surface area is 397 Å². The Kier molecular flexibility index (Phi) is 14.8. The van der Waals surface area contributed by atoms with Crippen LogP contribution in [0.1, 0.15) is 68.8 Å². The molecule has 0 aromatic heterocycles. The molecule has 67 heavy (non-hydrogen) atoms. The minimum absolute atomic E-state index is 0.379. The van der Waals surface area contributed by atoms with Crippen LogP contribution in [0.4, 0.5) is 17.1 Å². The molecule has 0 amide bonds. The van der Waals surface area contributed by atoms with Crippen molar-refractivity contribution < 1.29 is 0 Å². The van der Waals surface area contributed by atoms with Gasteiger partial charge in [-0.2, -0.15) is 0 Å². The highest BCUT2D eigenvalue weighted by atomic mass is 15.1. The van der Waals surface area contributed by atoms with E-state index >= 15 is 0 Å². The van der Waals surface area contributed by atoms with Crippen molar-refractivity contribution in [2.45, 2.75) is 25.2 Å². The fraction of sp³-hybridized carbons (Fsp3) is 0.0606. The second kappa shape index (κ2) is 22.6. The van der Waals surface area contributed by atoms with E-state index in [-0.39, 0.29) is 0 Å². The molecule has 0 fully saturated rings. The SMILES string of the molecule is C(/C=C/c1ccc(N(c2ccc(/C=C/C=C(c3ccccc3)c3ccccc3)cc2)c2ccc(CCCC(c3ccccc3)c3ccccc3)cc2)cc1)=C(c1ccccc1)c1ccccc1. The average molecular weight is 862 g/mol. The first-order chi connectivity index (χ1) is 33.2. The van der Waals surface area contributed by atoms with Gasteiger partial charge in [0.25, 0.3) is 0 Å². The first-order valence-electron chi connectivity index (χ1n) is 23.4. The summed E-state index contributed by atoms with van der Waals surface area (Å²) in [6, 6.07) is 91.2. The summed E-state index contributed by atoms with van der Waals surface area (Å²) in [6.07, 6.45) is 16.3. The van der Waals surface area contributed by atoms with Crippen LogP contribution in [0.15, 0.2) is 279 Å². The Balaban J connectivity index is 0.969. The summed E-state index contributed by atoms with van der Waals surface area (Å²) >= 11 is 0. The van der Waals surface area contributed by atoms with Crippen molar-refractivity contribution >= 4 is 40.4 Å².